The zero-order valence-corrected chi connectivity index (χ0v) is 34.7. The number of rotatable bonds is 6. The first kappa shape index (κ1) is 35.5. The van der Waals surface area contributed by atoms with Crippen LogP contribution < -0.4 is 4.74 Å². The fourth-order valence-electron chi connectivity index (χ4n) is 8.66. The van der Waals surface area contributed by atoms with E-state index in [0.29, 0.717) is 0 Å². The van der Waals surface area contributed by atoms with Crippen LogP contribution in [0.4, 0.5) is 0 Å². The number of hydrogen-bond acceptors (Lipinski definition) is 3. The fraction of sp³-hybridized carbons (Fsp3) is 0.0962. The van der Waals surface area contributed by atoms with Gasteiger partial charge in [-0.2, -0.15) is 0 Å². The summed E-state index contributed by atoms with van der Waals surface area (Å²) in [6, 6.07) is 53.9. The van der Waals surface area contributed by atoms with Crippen LogP contribution in [0.5, 0.6) is 11.5 Å². The third kappa shape index (κ3) is 6.45. The molecule has 6 aromatic carbocycles. The summed E-state index contributed by atoms with van der Waals surface area (Å²) in [6.45, 7) is 2.16. The summed E-state index contributed by atoms with van der Waals surface area (Å²) in [5.41, 5.74) is 14.1. The minimum Gasteiger partial charge on any atom is -0.0622 e. The molecule has 4 aliphatic rings. The topological polar surface area (TPSA) is 49.3 Å². The van der Waals surface area contributed by atoms with Crippen LogP contribution in [0.1, 0.15) is 28.1 Å². The maximum absolute atomic E-state index is 6.75. The van der Waals surface area contributed by atoms with E-state index in [1.54, 1.807) is 0 Å². The zero-order chi connectivity index (χ0) is 39.5. The van der Waals surface area contributed by atoms with Crippen molar-refractivity contribution in [2.75, 3.05) is 0 Å². The van der Waals surface area contributed by atoms with Crippen LogP contribution in [0, 0.1) is 10.7 Å². The van der Waals surface area contributed by atoms with E-state index in [1.807, 2.05) is 18.3 Å². The van der Waals surface area contributed by atoms with E-state index in [0.717, 1.165) is 85.9 Å². The number of nitrogens with zero attached hydrogens (tertiary/aromatic N) is 5. The molecular formula is C52H39N5OPt. The second-order valence-corrected chi connectivity index (χ2v) is 16.4. The van der Waals surface area contributed by atoms with Gasteiger partial charge in [-0.3, -0.25) is 0 Å². The average Bonchev–Trinajstić information content (AvgIpc) is 3.79. The molecule has 7 heteroatoms. The molecule has 0 aliphatic carbocycles. The van der Waals surface area contributed by atoms with Crippen molar-refractivity contribution in [2.45, 2.75) is 32.6 Å². The minimum atomic E-state index is 0.757. The van der Waals surface area contributed by atoms with Crippen molar-refractivity contribution in [3.63, 3.8) is 0 Å². The molecule has 4 aliphatic heterocycles. The third-order valence-corrected chi connectivity index (χ3v) is 12.8. The Morgan fingerprint density at radius 3 is 2.08 bits per heavy atom. The number of ether oxygens (including phenoxy) is 1. The molecule has 0 saturated heterocycles. The molecule has 59 heavy (non-hydrogen) atoms. The maximum atomic E-state index is 6.75. The smallest absolute Gasteiger partial charge is 0.0622 e. The monoisotopic (exact) mass is 944 g/mol. The fourth-order valence-corrected chi connectivity index (χ4v) is 9.66. The third-order valence-electron chi connectivity index (χ3n) is 11.7. The van der Waals surface area contributed by atoms with Crippen LogP contribution in [0.15, 0.2) is 170 Å². The Labute approximate surface area is 353 Å². The average molecular weight is 945 g/mol. The molecule has 0 unspecified atom stereocenters. The predicted octanol–water partition coefficient (Wildman–Crippen LogP) is 12.0. The van der Waals surface area contributed by atoms with Gasteiger partial charge in [-0.1, -0.05) is 66.7 Å². The number of imidazole rings is 1. The van der Waals surface area contributed by atoms with Gasteiger partial charge in [0.25, 0.3) is 0 Å². The van der Waals surface area contributed by atoms with E-state index in [-0.39, 0.29) is 0 Å². The van der Waals surface area contributed by atoms with Gasteiger partial charge in [-0.15, -0.1) is 0 Å². The van der Waals surface area contributed by atoms with Crippen LogP contribution in [-0.4, -0.2) is 23.5 Å². The van der Waals surface area contributed by atoms with Gasteiger partial charge in [0.2, 0.25) is 0 Å². The Morgan fingerprint density at radius 2 is 1.31 bits per heavy atom. The first-order chi connectivity index (χ1) is 29.0. The Hall–Kier alpha value is -6.62. The van der Waals surface area contributed by atoms with Crippen molar-refractivity contribution in [1.29, 1.82) is 0 Å². The van der Waals surface area contributed by atoms with Gasteiger partial charge in [0.1, 0.15) is 0 Å². The van der Waals surface area contributed by atoms with Crippen molar-refractivity contribution in [3.8, 4) is 45.3 Å². The summed E-state index contributed by atoms with van der Waals surface area (Å²) in [4.78, 5) is 10.1. The summed E-state index contributed by atoms with van der Waals surface area (Å²) in [7, 11) is 0. The van der Waals surface area contributed by atoms with E-state index in [4.69, 9.17) is 14.7 Å². The molecular weight excluding hydrogens is 906 g/mol. The van der Waals surface area contributed by atoms with Crippen LogP contribution in [-0.2, 0) is 45.0 Å². The second-order valence-electron chi connectivity index (χ2n) is 15.4. The van der Waals surface area contributed by atoms with Crippen LogP contribution in [0.3, 0.4) is 0 Å². The van der Waals surface area contributed by atoms with Gasteiger partial charge in [0.15, 0.2) is 0 Å². The van der Waals surface area contributed by atoms with E-state index in [9.17, 15) is 0 Å². The van der Waals surface area contributed by atoms with Crippen molar-refractivity contribution in [1.82, 2.24) is 23.5 Å². The molecule has 0 radical (unpaired) electrons. The number of pyridine rings is 1. The molecule has 0 amide bonds. The first-order valence-electron chi connectivity index (χ1n) is 20.1. The normalized spacial score (nSPS) is 12.7. The molecule has 0 saturated carbocycles. The molecule has 0 N–H and O–H groups in total. The van der Waals surface area contributed by atoms with Crippen molar-refractivity contribution >= 4 is 27.3 Å². The van der Waals surface area contributed by atoms with Gasteiger partial charge < -0.3 is 0 Å². The van der Waals surface area contributed by atoms with E-state index >= 15 is 0 Å². The molecule has 6 nitrogen and oxygen atoms in total. The summed E-state index contributed by atoms with van der Waals surface area (Å²) >= 11 is 2.46. The van der Waals surface area contributed by atoms with Crippen molar-refractivity contribution < 1.29 is 24.1 Å². The molecule has 0 spiro atoms. The van der Waals surface area contributed by atoms with Gasteiger partial charge in [0, 0.05) is 11.8 Å². The van der Waals surface area contributed by atoms with Crippen LogP contribution in [0.2, 0.25) is 0 Å². The number of benzene rings is 6. The Bertz CT molecular complexity index is 3270. The van der Waals surface area contributed by atoms with Crippen LogP contribution >= 0.6 is 0 Å². The standard InChI is InChI=1S/C52H39N5O.Pt/c1-35-27-52(54-32-47(35)39-11-6-3-7-12-39)57-48-25-22-40(38-9-4-2-5-10-38)28-46(48)45-24-23-44(30-49(45)57)58-43-14-8-13-42(29-43)55-33-50-41-21-19-36-15-17-37(18-16-36)20-26-51(53-31-41)56(50)34-55;/h2-18,22-25,27-33H,19-21,26H2,1H3;. The Balaban J connectivity index is 0.991. The van der Waals surface area contributed by atoms with Crippen LogP contribution in [0.25, 0.3) is 61.1 Å². The minimum absolute atomic E-state index is 0.757. The van der Waals surface area contributed by atoms with E-state index < -0.39 is 0 Å². The van der Waals surface area contributed by atoms with Gasteiger partial charge in [-0.05, 0) is 29.2 Å². The van der Waals surface area contributed by atoms with E-state index in [2.05, 4.69) is 192 Å². The number of aryl methyl sites for hydroxylation is 5. The van der Waals surface area contributed by atoms with Crippen molar-refractivity contribution in [3.05, 3.63) is 202 Å². The zero-order valence-electron chi connectivity index (χ0n) is 32.5. The van der Waals surface area contributed by atoms with Gasteiger partial charge >= 0.3 is 247 Å². The molecule has 10 aromatic rings. The molecule has 14 rings (SSSR count). The summed E-state index contributed by atoms with van der Waals surface area (Å²) in [5, 5.41) is 2.31. The molecule has 4 aromatic heterocycles. The second kappa shape index (κ2) is 14.6. The number of fused-ring (bicyclic) bond motifs is 3. The van der Waals surface area contributed by atoms with E-state index in [1.165, 1.54) is 44.3 Å². The predicted molar refractivity (Wildman–Crippen MR) is 233 cm³/mol. The van der Waals surface area contributed by atoms with Gasteiger partial charge in [0.05, 0.1) is 0 Å². The van der Waals surface area contributed by atoms with Crippen molar-refractivity contribution in [2.24, 2.45) is 0 Å². The molecule has 288 valence electrons. The SMILES string of the molecule is Cc1cc(-n2c3ccc(-c4ccccc4)cc3c3ccc(Oc4cccc(-n5cc6c7cnc(n6[c]5=[Pt])CCc5ccc(cc5)CC7)c4)cc32)ncc1-c1ccccc1. The first-order valence-corrected chi connectivity index (χ1v) is 21.3. The summed E-state index contributed by atoms with van der Waals surface area (Å²) < 4.78 is 14.7. The Kier molecular flexibility index (Phi) is 8.82. The Morgan fingerprint density at radius 1 is 0.559 bits per heavy atom. The number of hydrogen-bond donors (Lipinski definition) is 0. The molecule has 8 heterocycles. The molecule has 0 fully saturated rings. The quantitative estimate of drug-likeness (QED) is 0.167. The van der Waals surface area contributed by atoms with Gasteiger partial charge in [-0.25, -0.2) is 0 Å². The number of aromatic nitrogens is 5. The summed E-state index contributed by atoms with van der Waals surface area (Å²) in [6.07, 6.45) is 10.1. The summed E-state index contributed by atoms with van der Waals surface area (Å²) in [5.74, 6) is 3.46. The molecule has 4 bridgehead atoms. The molecule has 0 atom stereocenters.